The van der Waals surface area contributed by atoms with Crippen molar-refractivity contribution in [2.45, 2.75) is 57.5 Å². The zero-order valence-electron chi connectivity index (χ0n) is 13.6. The van der Waals surface area contributed by atoms with Crippen LogP contribution in [0.3, 0.4) is 0 Å². The first kappa shape index (κ1) is 16.0. The smallest absolute Gasteiger partial charge is 0.224 e. The second-order valence-electron chi connectivity index (χ2n) is 6.85. The molecule has 4 heteroatoms. The van der Waals surface area contributed by atoms with Gasteiger partial charge in [-0.1, -0.05) is 56.0 Å². The molecule has 2 unspecified atom stereocenters. The van der Waals surface area contributed by atoms with E-state index in [1.54, 1.807) is 0 Å². The largest absolute Gasteiger partial charge is 0.353 e. The number of hydrogen-bond acceptors (Lipinski definition) is 2. The molecule has 124 valence electrons. The molecule has 1 aromatic rings. The average Bonchev–Trinajstić information content (AvgIpc) is 3.38. The Morgan fingerprint density at radius 2 is 1.57 bits per heavy atom. The molecule has 3 rings (SSSR count). The molecule has 2 atom stereocenters. The Kier molecular flexibility index (Phi) is 5.31. The van der Waals surface area contributed by atoms with Gasteiger partial charge in [0.15, 0.2) is 0 Å². The molecule has 23 heavy (non-hydrogen) atoms. The molecule has 2 fully saturated rings. The summed E-state index contributed by atoms with van der Waals surface area (Å²) in [5, 5.41) is 6.10. The molecule has 2 amide bonds. The highest BCUT2D eigenvalue weighted by molar-refractivity contribution is 5.92. The molecule has 0 saturated heterocycles. The monoisotopic (exact) mass is 314 g/mol. The highest BCUT2D eigenvalue weighted by atomic mass is 16.2. The minimum absolute atomic E-state index is 0.00914. The SMILES string of the molecule is O=C(NCc1ccccc1)C1CC1C(=O)NC1CCCCCC1. The zero-order chi connectivity index (χ0) is 16.1. The van der Waals surface area contributed by atoms with Gasteiger partial charge in [-0.15, -0.1) is 0 Å². The Morgan fingerprint density at radius 1 is 0.913 bits per heavy atom. The number of carbonyl (C=O) groups is 2. The molecule has 0 bridgehead atoms. The van der Waals surface area contributed by atoms with Crippen molar-refractivity contribution >= 4 is 11.8 Å². The van der Waals surface area contributed by atoms with Crippen molar-refractivity contribution in [2.75, 3.05) is 0 Å². The summed E-state index contributed by atoms with van der Waals surface area (Å²) >= 11 is 0. The van der Waals surface area contributed by atoms with Crippen LogP contribution in [0.1, 0.15) is 50.5 Å². The highest BCUT2D eigenvalue weighted by Crippen LogP contribution is 2.39. The van der Waals surface area contributed by atoms with Crippen molar-refractivity contribution in [1.29, 1.82) is 0 Å². The van der Waals surface area contributed by atoms with Gasteiger partial charge in [0, 0.05) is 12.6 Å². The van der Waals surface area contributed by atoms with Crippen LogP contribution in [-0.2, 0) is 16.1 Å². The number of benzene rings is 1. The molecular weight excluding hydrogens is 288 g/mol. The molecule has 1 aromatic carbocycles. The summed E-state index contributed by atoms with van der Waals surface area (Å²) in [6, 6.07) is 10.2. The number of nitrogens with one attached hydrogen (secondary N) is 2. The molecule has 0 aliphatic heterocycles. The Morgan fingerprint density at radius 3 is 2.26 bits per heavy atom. The average molecular weight is 314 g/mol. The van der Waals surface area contributed by atoms with Crippen LogP contribution in [0.2, 0.25) is 0 Å². The minimum Gasteiger partial charge on any atom is -0.353 e. The quantitative estimate of drug-likeness (QED) is 0.821. The second-order valence-corrected chi connectivity index (χ2v) is 6.85. The molecule has 4 nitrogen and oxygen atoms in total. The van der Waals surface area contributed by atoms with E-state index in [0.717, 1.165) is 18.4 Å². The summed E-state index contributed by atoms with van der Waals surface area (Å²) in [5.74, 6) is -0.162. The van der Waals surface area contributed by atoms with E-state index in [4.69, 9.17) is 0 Å². The molecule has 0 radical (unpaired) electrons. The fourth-order valence-corrected chi connectivity index (χ4v) is 3.42. The van der Waals surface area contributed by atoms with Crippen LogP contribution >= 0.6 is 0 Å². The fourth-order valence-electron chi connectivity index (χ4n) is 3.42. The molecule has 0 heterocycles. The van der Waals surface area contributed by atoms with Gasteiger partial charge in [0.05, 0.1) is 11.8 Å². The topological polar surface area (TPSA) is 58.2 Å². The predicted octanol–water partition coefficient (Wildman–Crippen LogP) is 2.78. The maximum atomic E-state index is 12.3. The van der Waals surface area contributed by atoms with Gasteiger partial charge < -0.3 is 10.6 Å². The lowest BCUT2D eigenvalue weighted by Gasteiger charge is -2.16. The van der Waals surface area contributed by atoms with Gasteiger partial charge in [-0.25, -0.2) is 0 Å². The van der Waals surface area contributed by atoms with E-state index in [1.165, 1.54) is 25.7 Å². The lowest BCUT2D eigenvalue weighted by atomic mass is 10.1. The first-order valence-corrected chi connectivity index (χ1v) is 8.86. The Bertz CT molecular complexity index is 536. The van der Waals surface area contributed by atoms with Crippen molar-refractivity contribution in [2.24, 2.45) is 11.8 Å². The summed E-state index contributed by atoms with van der Waals surface area (Å²) in [6.45, 7) is 0.535. The van der Waals surface area contributed by atoms with Crippen LogP contribution in [0.15, 0.2) is 30.3 Å². The Hall–Kier alpha value is -1.84. The van der Waals surface area contributed by atoms with Crippen molar-refractivity contribution < 1.29 is 9.59 Å². The van der Waals surface area contributed by atoms with Crippen LogP contribution in [-0.4, -0.2) is 17.9 Å². The Labute approximate surface area is 138 Å². The normalized spacial score (nSPS) is 24.5. The first-order valence-electron chi connectivity index (χ1n) is 8.86. The number of carbonyl (C=O) groups excluding carboxylic acids is 2. The second kappa shape index (κ2) is 7.62. The molecule has 2 aliphatic carbocycles. The van der Waals surface area contributed by atoms with Gasteiger partial charge in [-0.3, -0.25) is 9.59 Å². The van der Waals surface area contributed by atoms with Gasteiger partial charge in [0.1, 0.15) is 0 Å². The summed E-state index contributed by atoms with van der Waals surface area (Å²) in [4.78, 5) is 24.4. The molecule has 2 saturated carbocycles. The fraction of sp³-hybridized carbons (Fsp3) is 0.579. The number of rotatable bonds is 5. The van der Waals surface area contributed by atoms with E-state index in [-0.39, 0.29) is 23.7 Å². The lowest BCUT2D eigenvalue weighted by Crippen LogP contribution is -2.36. The summed E-state index contributed by atoms with van der Waals surface area (Å²) in [7, 11) is 0. The zero-order valence-corrected chi connectivity index (χ0v) is 13.6. The maximum absolute atomic E-state index is 12.3. The summed E-state index contributed by atoms with van der Waals surface area (Å²) in [6.07, 6.45) is 7.83. The van der Waals surface area contributed by atoms with Crippen molar-refractivity contribution in [3.8, 4) is 0 Å². The number of amides is 2. The third-order valence-corrected chi connectivity index (χ3v) is 4.98. The van der Waals surface area contributed by atoms with E-state index < -0.39 is 0 Å². The van der Waals surface area contributed by atoms with Crippen LogP contribution in [0, 0.1) is 11.8 Å². The van der Waals surface area contributed by atoms with Crippen molar-refractivity contribution in [1.82, 2.24) is 10.6 Å². The van der Waals surface area contributed by atoms with E-state index in [9.17, 15) is 9.59 Å². The van der Waals surface area contributed by atoms with E-state index in [1.807, 2.05) is 30.3 Å². The third kappa shape index (κ3) is 4.57. The van der Waals surface area contributed by atoms with Crippen LogP contribution in [0.25, 0.3) is 0 Å². The molecule has 0 aromatic heterocycles. The van der Waals surface area contributed by atoms with Gasteiger partial charge in [-0.2, -0.15) is 0 Å². The molecular formula is C19H26N2O2. The Balaban J connectivity index is 1.41. The van der Waals surface area contributed by atoms with Crippen LogP contribution in [0.5, 0.6) is 0 Å². The molecule has 2 N–H and O–H groups in total. The first-order chi connectivity index (χ1) is 11.2. The summed E-state index contributed by atoms with van der Waals surface area (Å²) in [5.41, 5.74) is 1.08. The van der Waals surface area contributed by atoms with E-state index in [2.05, 4.69) is 10.6 Å². The predicted molar refractivity (Wildman–Crippen MR) is 89.5 cm³/mol. The minimum atomic E-state index is -0.135. The molecule has 2 aliphatic rings. The van der Waals surface area contributed by atoms with E-state index >= 15 is 0 Å². The van der Waals surface area contributed by atoms with Crippen molar-refractivity contribution in [3.63, 3.8) is 0 Å². The van der Waals surface area contributed by atoms with Gasteiger partial charge in [0.2, 0.25) is 11.8 Å². The van der Waals surface area contributed by atoms with Crippen LogP contribution in [0.4, 0.5) is 0 Å². The lowest BCUT2D eigenvalue weighted by molar-refractivity contribution is -0.127. The van der Waals surface area contributed by atoms with Gasteiger partial charge >= 0.3 is 0 Å². The highest BCUT2D eigenvalue weighted by Gasteiger charge is 2.48. The molecule has 0 spiro atoms. The van der Waals surface area contributed by atoms with Gasteiger partial charge in [-0.05, 0) is 24.8 Å². The summed E-state index contributed by atoms with van der Waals surface area (Å²) < 4.78 is 0. The van der Waals surface area contributed by atoms with Crippen molar-refractivity contribution in [3.05, 3.63) is 35.9 Å². The standard InChI is InChI=1S/C19H26N2O2/c22-18(20-13-14-8-4-3-5-9-14)16-12-17(16)19(23)21-15-10-6-1-2-7-11-15/h3-5,8-9,15-17H,1-2,6-7,10-13H2,(H,20,22)(H,21,23). The number of hydrogen-bond donors (Lipinski definition) is 2. The van der Waals surface area contributed by atoms with E-state index in [0.29, 0.717) is 19.0 Å². The van der Waals surface area contributed by atoms with Crippen LogP contribution < -0.4 is 10.6 Å². The maximum Gasteiger partial charge on any atom is 0.224 e. The third-order valence-electron chi connectivity index (χ3n) is 4.98. The van der Waals surface area contributed by atoms with Gasteiger partial charge in [0.25, 0.3) is 0 Å².